The molecular formula is C22H36N4O2. The summed E-state index contributed by atoms with van der Waals surface area (Å²) >= 11 is 0. The Morgan fingerprint density at radius 1 is 1.36 bits per heavy atom. The SMILES string of the molecule is CN(CCCCC1CCc2cccnc2N1)[C@@H]1CCN(C(=O)OC(C)(C)C)C1. The Morgan fingerprint density at radius 3 is 2.96 bits per heavy atom. The van der Waals surface area contributed by atoms with E-state index in [1.165, 1.54) is 31.2 Å². The molecule has 2 aliphatic heterocycles. The van der Waals surface area contributed by atoms with Gasteiger partial charge in [0.1, 0.15) is 11.4 Å². The lowest BCUT2D eigenvalue weighted by atomic mass is 9.97. The van der Waals surface area contributed by atoms with Gasteiger partial charge in [-0.15, -0.1) is 0 Å². The van der Waals surface area contributed by atoms with E-state index in [4.69, 9.17) is 4.74 Å². The molecular weight excluding hydrogens is 352 g/mol. The molecule has 1 unspecified atom stereocenters. The lowest BCUT2D eigenvalue weighted by Crippen LogP contribution is -2.39. The lowest BCUT2D eigenvalue weighted by Gasteiger charge is -2.28. The highest BCUT2D eigenvalue weighted by atomic mass is 16.6. The molecule has 0 spiro atoms. The largest absolute Gasteiger partial charge is 0.444 e. The average Bonchev–Trinajstić information content (AvgIpc) is 3.14. The molecule has 6 nitrogen and oxygen atoms in total. The number of nitrogens with zero attached hydrogens (tertiary/aromatic N) is 3. The number of likely N-dealkylation sites (tertiary alicyclic amines) is 1. The highest BCUT2D eigenvalue weighted by molar-refractivity contribution is 5.68. The van der Waals surface area contributed by atoms with Crippen molar-refractivity contribution in [3.63, 3.8) is 0 Å². The molecule has 0 aliphatic carbocycles. The lowest BCUT2D eigenvalue weighted by molar-refractivity contribution is 0.0282. The van der Waals surface area contributed by atoms with Crippen LogP contribution in [-0.2, 0) is 11.2 Å². The van der Waals surface area contributed by atoms with E-state index in [1.807, 2.05) is 37.9 Å². The smallest absolute Gasteiger partial charge is 0.410 e. The van der Waals surface area contributed by atoms with Crippen molar-refractivity contribution in [1.29, 1.82) is 0 Å². The molecule has 1 N–H and O–H groups in total. The zero-order valence-corrected chi connectivity index (χ0v) is 17.9. The van der Waals surface area contributed by atoms with Crippen molar-refractivity contribution >= 4 is 11.9 Å². The van der Waals surface area contributed by atoms with Crippen molar-refractivity contribution in [2.24, 2.45) is 0 Å². The van der Waals surface area contributed by atoms with Gasteiger partial charge < -0.3 is 19.9 Å². The molecule has 1 aromatic heterocycles. The maximum atomic E-state index is 12.2. The van der Waals surface area contributed by atoms with Crippen LogP contribution >= 0.6 is 0 Å². The van der Waals surface area contributed by atoms with Crippen molar-refractivity contribution in [2.75, 3.05) is 32.0 Å². The Morgan fingerprint density at radius 2 is 2.18 bits per heavy atom. The molecule has 3 heterocycles. The Bertz CT molecular complexity index is 658. The quantitative estimate of drug-likeness (QED) is 0.749. The summed E-state index contributed by atoms with van der Waals surface area (Å²) in [6, 6.07) is 5.17. The number of ether oxygens (including phenoxy) is 1. The Labute approximate surface area is 169 Å². The van der Waals surface area contributed by atoms with Gasteiger partial charge in [-0.3, -0.25) is 0 Å². The zero-order chi connectivity index (χ0) is 20.1. The number of unbranched alkanes of at least 4 members (excludes halogenated alkanes) is 1. The molecule has 1 amide bonds. The van der Waals surface area contributed by atoms with Crippen LogP contribution in [0.5, 0.6) is 0 Å². The summed E-state index contributed by atoms with van der Waals surface area (Å²) in [4.78, 5) is 20.9. The molecule has 0 saturated carbocycles. The van der Waals surface area contributed by atoms with E-state index in [2.05, 4.69) is 28.3 Å². The first-order valence-electron chi connectivity index (χ1n) is 10.7. The second-order valence-corrected chi connectivity index (χ2v) is 9.24. The van der Waals surface area contributed by atoms with Crippen molar-refractivity contribution in [3.8, 4) is 0 Å². The molecule has 0 aromatic carbocycles. The average molecular weight is 389 g/mol. The summed E-state index contributed by atoms with van der Waals surface area (Å²) in [5.74, 6) is 1.07. The fourth-order valence-electron chi connectivity index (χ4n) is 4.11. The van der Waals surface area contributed by atoms with E-state index in [0.29, 0.717) is 12.1 Å². The molecule has 28 heavy (non-hydrogen) atoms. The van der Waals surface area contributed by atoms with Crippen LogP contribution in [-0.4, -0.2) is 65.2 Å². The molecule has 156 valence electrons. The highest BCUT2D eigenvalue weighted by Crippen LogP contribution is 2.24. The summed E-state index contributed by atoms with van der Waals surface area (Å²) in [5, 5.41) is 3.59. The summed E-state index contributed by atoms with van der Waals surface area (Å²) in [6.45, 7) is 8.40. The Balaban J connectivity index is 1.33. The number of hydrogen-bond donors (Lipinski definition) is 1. The van der Waals surface area contributed by atoms with Crippen LogP contribution < -0.4 is 5.32 Å². The minimum atomic E-state index is -0.426. The number of nitrogens with one attached hydrogen (secondary N) is 1. The van der Waals surface area contributed by atoms with Crippen LogP contribution in [0.1, 0.15) is 58.4 Å². The molecule has 0 bridgehead atoms. The van der Waals surface area contributed by atoms with Gasteiger partial charge in [-0.2, -0.15) is 0 Å². The van der Waals surface area contributed by atoms with Gasteiger partial charge >= 0.3 is 6.09 Å². The Hall–Kier alpha value is -1.82. The van der Waals surface area contributed by atoms with E-state index in [1.54, 1.807) is 0 Å². The first-order valence-corrected chi connectivity index (χ1v) is 10.7. The molecule has 1 fully saturated rings. The highest BCUT2D eigenvalue weighted by Gasteiger charge is 2.31. The number of carbonyl (C=O) groups excluding carboxylic acids is 1. The number of hydrogen-bond acceptors (Lipinski definition) is 5. The fraction of sp³-hybridized carbons (Fsp3) is 0.727. The predicted molar refractivity (Wildman–Crippen MR) is 113 cm³/mol. The molecule has 1 saturated heterocycles. The second kappa shape index (κ2) is 9.12. The van der Waals surface area contributed by atoms with E-state index in [-0.39, 0.29) is 6.09 Å². The van der Waals surface area contributed by atoms with Gasteiger partial charge in [-0.25, -0.2) is 9.78 Å². The molecule has 3 rings (SSSR count). The van der Waals surface area contributed by atoms with Crippen LogP contribution in [0.25, 0.3) is 0 Å². The maximum absolute atomic E-state index is 12.2. The van der Waals surface area contributed by atoms with E-state index < -0.39 is 5.60 Å². The number of pyridine rings is 1. The minimum absolute atomic E-state index is 0.180. The molecule has 2 aliphatic rings. The number of fused-ring (bicyclic) bond motifs is 1. The van der Waals surface area contributed by atoms with Crippen molar-refractivity contribution in [3.05, 3.63) is 23.9 Å². The van der Waals surface area contributed by atoms with Crippen LogP contribution in [0.15, 0.2) is 18.3 Å². The van der Waals surface area contributed by atoms with Crippen LogP contribution in [0, 0.1) is 0 Å². The first-order chi connectivity index (χ1) is 13.3. The van der Waals surface area contributed by atoms with Gasteiger partial charge in [0, 0.05) is 31.4 Å². The number of amides is 1. The fourth-order valence-corrected chi connectivity index (χ4v) is 4.11. The van der Waals surface area contributed by atoms with Crippen molar-refractivity contribution < 1.29 is 9.53 Å². The van der Waals surface area contributed by atoms with E-state index >= 15 is 0 Å². The molecule has 0 radical (unpaired) electrons. The Kier molecular flexibility index (Phi) is 6.81. The van der Waals surface area contributed by atoms with E-state index in [9.17, 15) is 4.79 Å². The summed E-state index contributed by atoms with van der Waals surface area (Å²) in [6.07, 6.45) is 8.64. The third-order valence-corrected chi connectivity index (χ3v) is 5.75. The number of carbonyl (C=O) groups is 1. The predicted octanol–water partition coefficient (Wildman–Crippen LogP) is 3.92. The summed E-state index contributed by atoms with van der Waals surface area (Å²) in [5.41, 5.74) is 0.916. The van der Waals surface area contributed by atoms with Gasteiger partial charge in [0.25, 0.3) is 0 Å². The topological polar surface area (TPSA) is 57.7 Å². The summed E-state index contributed by atoms with van der Waals surface area (Å²) < 4.78 is 5.50. The van der Waals surface area contributed by atoms with Crippen LogP contribution in [0.2, 0.25) is 0 Å². The standard InChI is InChI=1S/C22H36N4O2/c1-22(2,3)28-21(27)26-15-12-19(16-26)25(4)14-6-5-9-18-11-10-17-8-7-13-23-20(17)24-18/h7-8,13,18-19H,5-6,9-12,14-16H2,1-4H3,(H,23,24)/t18?,19-/m1/s1. The van der Waals surface area contributed by atoms with Crippen molar-refractivity contribution in [2.45, 2.75) is 77.0 Å². The monoisotopic (exact) mass is 388 g/mol. The minimum Gasteiger partial charge on any atom is -0.444 e. The second-order valence-electron chi connectivity index (χ2n) is 9.24. The van der Waals surface area contributed by atoms with E-state index in [0.717, 1.165) is 38.3 Å². The number of rotatable bonds is 6. The van der Waals surface area contributed by atoms with Crippen LogP contribution in [0.4, 0.5) is 10.6 Å². The first kappa shape index (κ1) is 20.9. The molecule has 2 atom stereocenters. The van der Waals surface area contributed by atoms with Gasteiger partial charge in [-0.05, 0) is 78.1 Å². The third-order valence-electron chi connectivity index (χ3n) is 5.75. The number of aryl methyl sites for hydroxylation is 1. The van der Waals surface area contributed by atoms with Gasteiger partial charge in [0.15, 0.2) is 0 Å². The zero-order valence-electron chi connectivity index (χ0n) is 17.9. The third kappa shape index (κ3) is 5.84. The van der Waals surface area contributed by atoms with Gasteiger partial charge in [0.05, 0.1) is 0 Å². The number of aromatic nitrogens is 1. The summed E-state index contributed by atoms with van der Waals surface area (Å²) in [7, 11) is 2.18. The normalized spacial score (nSPS) is 22.1. The van der Waals surface area contributed by atoms with Crippen LogP contribution in [0.3, 0.4) is 0 Å². The van der Waals surface area contributed by atoms with Crippen molar-refractivity contribution in [1.82, 2.24) is 14.8 Å². The molecule has 6 heteroatoms. The number of anilines is 1. The van der Waals surface area contributed by atoms with Gasteiger partial charge in [-0.1, -0.05) is 12.5 Å². The number of likely N-dealkylation sites (N-methyl/N-ethyl adjacent to an activating group) is 1. The van der Waals surface area contributed by atoms with Gasteiger partial charge in [0.2, 0.25) is 0 Å². The molecule has 1 aromatic rings. The maximum Gasteiger partial charge on any atom is 0.410 e.